The normalized spacial score (nSPS) is 11.0. The Morgan fingerprint density at radius 2 is 1.74 bits per heavy atom. The molecule has 0 saturated heterocycles. The number of fused-ring (bicyclic) bond motifs is 3. The number of hydrogen-bond donors (Lipinski definition) is 1. The molecule has 0 aliphatic rings. The molecule has 134 valence electrons. The van der Waals surface area contributed by atoms with E-state index in [1.807, 2.05) is 36.4 Å². The second kappa shape index (κ2) is 6.61. The van der Waals surface area contributed by atoms with Crippen LogP contribution in [0.2, 0.25) is 0 Å². The van der Waals surface area contributed by atoms with Gasteiger partial charge in [-0.05, 0) is 24.6 Å². The van der Waals surface area contributed by atoms with E-state index in [4.69, 9.17) is 9.15 Å². The average Bonchev–Trinajstić information content (AvgIpc) is 2.68. The van der Waals surface area contributed by atoms with E-state index in [0.29, 0.717) is 21.9 Å². The molecule has 0 bridgehead atoms. The molecule has 0 unspecified atom stereocenters. The van der Waals surface area contributed by atoms with Crippen LogP contribution < -0.4 is 5.63 Å². The molecule has 0 atom stereocenters. The van der Waals surface area contributed by atoms with Gasteiger partial charge in [-0.2, -0.15) is 0 Å². The van der Waals surface area contributed by atoms with E-state index in [1.54, 1.807) is 31.2 Å². The van der Waals surface area contributed by atoms with Gasteiger partial charge in [-0.3, -0.25) is 0 Å². The van der Waals surface area contributed by atoms with Crippen molar-refractivity contribution in [1.29, 1.82) is 0 Å². The van der Waals surface area contributed by atoms with Crippen LogP contribution in [-0.2, 0) is 4.74 Å². The Bertz CT molecular complexity index is 1220. The lowest BCUT2D eigenvalue weighted by atomic mass is 9.93. The number of phenolic OH excluding ortho intramolecular Hbond substituents is 1. The van der Waals surface area contributed by atoms with Gasteiger partial charge in [0.2, 0.25) is 0 Å². The van der Waals surface area contributed by atoms with Crippen molar-refractivity contribution >= 4 is 27.7 Å². The van der Waals surface area contributed by atoms with Crippen LogP contribution in [0.5, 0.6) is 5.75 Å². The second-order valence-electron chi connectivity index (χ2n) is 6.04. The average molecular weight is 360 g/mol. The molecule has 27 heavy (non-hydrogen) atoms. The van der Waals surface area contributed by atoms with Crippen LogP contribution in [0.1, 0.15) is 17.3 Å². The Morgan fingerprint density at radius 1 is 1.04 bits per heavy atom. The smallest absolute Gasteiger partial charge is 0.348 e. The minimum absolute atomic E-state index is 0.0311. The molecule has 1 aromatic heterocycles. The maximum absolute atomic E-state index is 12.6. The molecule has 5 heteroatoms. The third-order valence-electron chi connectivity index (χ3n) is 4.45. The van der Waals surface area contributed by atoms with Crippen LogP contribution in [0.3, 0.4) is 0 Å². The van der Waals surface area contributed by atoms with Crippen molar-refractivity contribution in [2.24, 2.45) is 0 Å². The fraction of sp³-hybridized carbons (Fsp3) is 0.0909. The van der Waals surface area contributed by atoms with E-state index in [2.05, 4.69) is 0 Å². The van der Waals surface area contributed by atoms with E-state index in [9.17, 15) is 14.7 Å². The van der Waals surface area contributed by atoms with Crippen LogP contribution in [-0.4, -0.2) is 17.7 Å². The van der Waals surface area contributed by atoms with Gasteiger partial charge < -0.3 is 14.3 Å². The number of ether oxygens (including phenoxy) is 1. The number of phenols is 1. The number of para-hydroxylation sites is 1. The summed E-state index contributed by atoms with van der Waals surface area (Å²) in [5.41, 5.74) is 0.895. The highest BCUT2D eigenvalue weighted by Gasteiger charge is 2.24. The monoisotopic (exact) mass is 360 g/mol. The number of carbonyl (C=O) groups excluding carboxylic acids is 1. The topological polar surface area (TPSA) is 76.7 Å². The number of aromatic hydroxyl groups is 1. The number of carbonyl (C=O) groups is 1. The predicted octanol–water partition coefficient (Wildman–Crippen LogP) is 4.50. The number of esters is 1. The third kappa shape index (κ3) is 2.73. The number of benzene rings is 3. The summed E-state index contributed by atoms with van der Waals surface area (Å²) in [7, 11) is 0. The molecule has 1 N–H and O–H groups in total. The molecule has 1 heterocycles. The lowest BCUT2D eigenvalue weighted by Crippen LogP contribution is -2.10. The summed E-state index contributed by atoms with van der Waals surface area (Å²) in [6, 6.07) is 18.0. The highest BCUT2D eigenvalue weighted by molar-refractivity contribution is 6.13. The minimum Gasteiger partial charge on any atom is -0.506 e. The van der Waals surface area contributed by atoms with Crippen molar-refractivity contribution < 1.29 is 19.1 Å². The summed E-state index contributed by atoms with van der Waals surface area (Å²) >= 11 is 0. The van der Waals surface area contributed by atoms with E-state index in [0.717, 1.165) is 5.56 Å². The van der Waals surface area contributed by atoms with Crippen molar-refractivity contribution in [2.45, 2.75) is 6.92 Å². The van der Waals surface area contributed by atoms with Gasteiger partial charge in [0.25, 0.3) is 0 Å². The van der Waals surface area contributed by atoms with E-state index in [1.165, 1.54) is 0 Å². The van der Waals surface area contributed by atoms with E-state index >= 15 is 0 Å². The van der Waals surface area contributed by atoms with Crippen molar-refractivity contribution in [2.75, 3.05) is 6.61 Å². The Morgan fingerprint density at radius 3 is 2.48 bits per heavy atom. The molecule has 0 radical (unpaired) electrons. The van der Waals surface area contributed by atoms with Crippen LogP contribution in [0.4, 0.5) is 0 Å². The molecule has 0 aliphatic heterocycles. The number of rotatable bonds is 3. The molecule has 0 aliphatic carbocycles. The van der Waals surface area contributed by atoms with E-state index < -0.39 is 17.3 Å². The molecule has 0 amide bonds. The van der Waals surface area contributed by atoms with Gasteiger partial charge >= 0.3 is 11.6 Å². The molecule has 4 aromatic rings. The van der Waals surface area contributed by atoms with Crippen LogP contribution in [0.15, 0.2) is 69.9 Å². The highest BCUT2D eigenvalue weighted by Crippen LogP contribution is 2.38. The van der Waals surface area contributed by atoms with Gasteiger partial charge in [-0.1, -0.05) is 48.5 Å². The zero-order chi connectivity index (χ0) is 19.0. The summed E-state index contributed by atoms with van der Waals surface area (Å²) in [6.07, 6.45) is 0. The fourth-order valence-corrected chi connectivity index (χ4v) is 3.27. The molecule has 0 fully saturated rings. The van der Waals surface area contributed by atoms with Crippen molar-refractivity contribution in [3.05, 3.63) is 76.6 Å². The summed E-state index contributed by atoms with van der Waals surface area (Å²) < 4.78 is 10.4. The first kappa shape index (κ1) is 16.8. The second-order valence-corrected chi connectivity index (χ2v) is 6.04. The Balaban J connectivity index is 2.19. The first-order valence-electron chi connectivity index (χ1n) is 8.56. The summed E-state index contributed by atoms with van der Waals surface area (Å²) in [5.74, 6) is -1.12. The Labute approximate surface area is 154 Å². The van der Waals surface area contributed by atoms with Crippen LogP contribution >= 0.6 is 0 Å². The summed E-state index contributed by atoms with van der Waals surface area (Å²) in [6.45, 7) is 1.83. The maximum Gasteiger partial charge on any atom is 0.348 e. The summed E-state index contributed by atoms with van der Waals surface area (Å²) in [4.78, 5) is 25.1. The lowest BCUT2D eigenvalue weighted by Gasteiger charge is -2.14. The standard InChI is InChI=1S/C22H16O5/c1-2-26-21(24)18-15(13-8-4-3-5-9-13)12-16-14-10-6-7-11-17(14)27-22(25)19(16)20(18)23/h3-12,23H,2H2,1H3. The van der Waals surface area contributed by atoms with Crippen molar-refractivity contribution in [3.63, 3.8) is 0 Å². The van der Waals surface area contributed by atoms with Crippen molar-refractivity contribution in [3.8, 4) is 16.9 Å². The molecule has 0 spiro atoms. The molecule has 3 aromatic carbocycles. The molecule has 5 nitrogen and oxygen atoms in total. The predicted molar refractivity (Wildman–Crippen MR) is 103 cm³/mol. The fourth-order valence-electron chi connectivity index (χ4n) is 3.27. The van der Waals surface area contributed by atoms with Crippen LogP contribution in [0.25, 0.3) is 32.9 Å². The van der Waals surface area contributed by atoms with Gasteiger partial charge in [-0.25, -0.2) is 9.59 Å². The number of hydrogen-bond acceptors (Lipinski definition) is 5. The first-order chi connectivity index (χ1) is 13.1. The van der Waals surface area contributed by atoms with Crippen LogP contribution in [0, 0.1) is 0 Å². The zero-order valence-electron chi connectivity index (χ0n) is 14.6. The zero-order valence-corrected chi connectivity index (χ0v) is 14.6. The van der Waals surface area contributed by atoms with Gasteiger partial charge in [0, 0.05) is 16.3 Å². The Hall–Kier alpha value is -3.60. The summed E-state index contributed by atoms with van der Waals surface area (Å²) in [5, 5.41) is 12.0. The third-order valence-corrected chi connectivity index (χ3v) is 4.45. The van der Waals surface area contributed by atoms with Gasteiger partial charge in [0.15, 0.2) is 0 Å². The van der Waals surface area contributed by atoms with Gasteiger partial charge in [0.1, 0.15) is 22.3 Å². The molecular formula is C22H16O5. The minimum atomic E-state index is -0.702. The van der Waals surface area contributed by atoms with Gasteiger partial charge in [0.05, 0.1) is 6.61 Å². The quantitative estimate of drug-likeness (QED) is 0.331. The lowest BCUT2D eigenvalue weighted by molar-refractivity contribution is 0.0524. The maximum atomic E-state index is 12.6. The highest BCUT2D eigenvalue weighted by atomic mass is 16.5. The largest absolute Gasteiger partial charge is 0.506 e. The molecular weight excluding hydrogens is 344 g/mol. The molecule has 4 rings (SSSR count). The van der Waals surface area contributed by atoms with Gasteiger partial charge in [-0.15, -0.1) is 0 Å². The molecule has 0 saturated carbocycles. The van der Waals surface area contributed by atoms with E-state index in [-0.39, 0.29) is 17.6 Å². The van der Waals surface area contributed by atoms with Crippen molar-refractivity contribution in [1.82, 2.24) is 0 Å². The Kier molecular flexibility index (Phi) is 4.12. The SMILES string of the molecule is CCOC(=O)c1c(-c2ccccc2)cc2c(c1O)c(=O)oc1ccccc12. The first-order valence-corrected chi connectivity index (χ1v) is 8.56.